The monoisotopic (exact) mass is 227 g/mol. The number of unbranched alkanes of at least 4 members (excludes halogenated alkanes) is 1. The molecule has 4 heteroatoms. The Labute approximate surface area is 96.9 Å². The van der Waals surface area contributed by atoms with Crippen LogP contribution in [0.2, 0.25) is 0 Å². The molecule has 0 aromatic heterocycles. The van der Waals surface area contributed by atoms with Crippen molar-refractivity contribution in [2.45, 2.75) is 46.0 Å². The highest BCUT2D eigenvalue weighted by Gasteiger charge is 2.27. The van der Waals surface area contributed by atoms with Crippen molar-refractivity contribution in [3.8, 4) is 0 Å². The zero-order valence-corrected chi connectivity index (χ0v) is 10.2. The normalized spacial score (nSPS) is 17.6. The number of hydrogen-bond donors (Lipinski definition) is 0. The summed E-state index contributed by atoms with van der Waals surface area (Å²) in [6.07, 6.45) is 4.15. The summed E-state index contributed by atoms with van der Waals surface area (Å²) in [5, 5.41) is 0. The fourth-order valence-electron chi connectivity index (χ4n) is 1.77. The molecule has 0 aromatic rings. The third-order valence-electron chi connectivity index (χ3n) is 2.84. The summed E-state index contributed by atoms with van der Waals surface area (Å²) < 4.78 is 5.12. The highest BCUT2D eigenvalue weighted by atomic mass is 16.6. The molecular weight excluding hydrogens is 206 g/mol. The summed E-state index contributed by atoms with van der Waals surface area (Å²) in [6.45, 7) is 5.14. The standard InChI is InChI=1S/C12H21NO3/c1-3-4-6-10(2)9-16-12(15)13-8-5-7-11(13)14/h10H,3-9H2,1-2H3. The van der Waals surface area contributed by atoms with E-state index >= 15 is 0 Å². The van der Waals surface area contributed by atoms with E-state index in [9.17, 15) is 9.59 Å². The molecular formula is C12H21NO3. The van der Waals surface area contributed by atoms with E-state index in [1.807, 2.05) is 0 Å². The molecule has 4 nitrogen and oxygen atoms in total. The molecule has 0 aromatic carbocycles. The van der Waals surface area contributed by atoms with Crippen molar-refractivity contribution in [2.75, 3.05) is 13.2 Å². The van der Waals surface area contributed by atoms with E-state index in [-0.39, 0.29) is 5.91 Å². The van der Waals surface area contributed by atoms with Crippen LogP contribution in [0.15, 0.2) is 0 Å². The van der Waals surface area contributed by atoms with Gasteiger partial charge in [-0.2, -0.15) is 0 Å². The molecule has 1 rings (SSSR count). The third-order valence-corrected chi connectivity index (χ3v) is 2.84. The minimum atomic E-state index is -0.467. The average Bonchev–Trinajstić information content (AvgIpc) is 2.69. The quantitative estimate of drug-likeness (QED) is 0.725. The van der Waals surface area contributed by atoms with Gasteiger partial charge in [-0.3, -0.25) is 4.79 Å². The van der Waals surface area contributed by atoms with E-state index in [0.29, 0.717) is 25.5 Å². The van der Waals surface area contributed by atoms with Crippen molar-refractivity contribution in [3.63, 3.8) is 0 Å². The first-order valence-electron chi connectivity index (χ1n) is 6.12. The Balaban J connectivity index is 2.21. The largest absolute Gasteiger partial charge is 0.449 e. The van der Waals surface area contributed by atoms with Gasteiger partial charge in [0.15, 0.2) is 0 Å². The predicted octanol–water partition coefficient (Wildman–Crippen LogP) is 2.57. The van der Waals surface area contributed by atoms with Gasteiger partial charge < -0.3 is 4.74 Å². The molecule has 0 spiro atoms. The van der Waals surface area contributed by atoms with Crippen LogP contribution in [-0.4, -0.2) is 30.1 Å². The lowest BCUT2D eigenvalue weighted by atomic mass is 10.1. The first-order chi connectivity index (χ1) is 7.65. The van der Waals surface area contributed by atoms with Crippen LogP contribution >= 0.6 is 0 Å². The van der Waals surface area contributed by atoms with E-state index in [1.165, 1.54) is 4.90 Å². The first-order valence-corrected chi connectivity index (χ1v) is 6.12. The Morgan fingerprint density at radius 1 is 1.56 bits per heavy atom. The van der Waals surface area contributed by atoms with Crippen molar-refractivity contribution >= 4 is 12.0 Å². The topological polar surface area (TPSA) is 46.6 Å². The Morgan fingerprint density at radius 2 is 2.31 bits per heavy atom. The molecule has 1 atom stereocenters. The second-order valence-electron chi connectivity index (χ2n) is 4.47. The molecule has 0 aliphatic carbocycles. The van der Waals surface area contributed by atoms with Gasteiger partial charge in [-0.05, 0) is 18.8 Å². The van der Waals surface area contributed by atoms with Crippen molar-refractivity contribution in [2.24, 2.45) is 5.92 Å². The molecule has 1 fully saturated rings. The SMILES string of the molecule is CCCCC(C)COC(=O)N1CCCC1=O. The molecule has 16 heavy (non-hydrogen) atoms. The van der Waals surface area contributed by atoms with Gasteiger partial charge in [0.2, 0.25) is 5.91 Å². The molecule has 1 heterocycles. The van der Waals surface area contributed by atoms with Gasteiger partial charge in [0, 0.05) is 13.0 Å². The lowest BCUT2D eigenvalue weighted by Gasteiger charge is -2.16. The number of likely N-dealkylation sites (tertiary alicyclic amines) is 1. The molecule has 1 saturated heterocycles. The summed E-state index contributed by atoms with van der Waals surface area (Å²) in [5.41, 5.74) is 0. The Bertz CT molecular complexity index is 253. The zero-order valence-electron chi connectivity index (χ0n) is 10.2. The summed E-state index contributed by atoms with van der Waals surface area (Å²) in [6, 6.07) is 0. The van der Waals surface area contributed by atoms with Crippen LogP contribution in [0.3, 0.4) is 0 Å². The average molecular weight is 227 g/mol. The van der Waals surface area contributed by atoms with Crippen molar-refractivity contribution in [3.05, 3.63) is 0 Å². The molecule has 1 aliphatic rings. The van der Waals surface area contributed by atoms with Crippen LogP contribution in [0.1, 0.15) is 46.0 Å². The van der Waals surface area contributed by atoms with Gasteiger partial charge in [0.25, 0.3) is 0 Å². The number of ether oxygens (including phenoxy) is 1. The second-order valence-corrected chi connectivity index (χ2v) is 4.47. The predicted molar refractivity (Wildman–Crippen MR) is 61.0 cm³/mol. The van der Waals surface area contributed by atoms with Crippen LogP contribution in [0, 0.1) is 5.92 Å². The zero-order chi connectivity index (χ0) is 12.0. The lowest BCUT2D eigenvalue weighted by molar-refractivity contribution is -0.126. The van der Waals surface area contributed by atoms with Crippen LogP contribution in [0.25, 0.3) is 0 Å². The van der Waals surface area contributed by atoms with Gasteiger partial charge in [-0.15, -0.1) is 0 Å². The van der Waals surface area contributed by atoms with E-state index in [0.717, 1.165) is 25.7 Å². The lowest BCUT2D eigenvalue weighted by Crippen LogP contribution is -2.33. The number of nitrogens with zero attached hydrogens (tertiary/aromatic N) is 1. The summed E-state index contributed by atoms with van der Waals surface area (Å²) in [4.78, 5) is 24.0. The fourth-order valence-corrected chi connectivity index (χ4v) is 1.77. The summed E-state index contributed by atoms with van der Waals surface area (Å²) in [7, 11) is 0. The van der Waals surface area contributed by atoms with Gasteiger partial charge in [-0.25, -0.2) is 9.69 Å². The highest BCUT2D eigenvalue weighted by molar-refractivity contribution is 5.93. The fraction of sp³-hybridized carbons (Fsp3) is 0.833. The van der Waals surface area contributed by atoms with E-state index < -0.39 is 6.09 Å². The maximum atomic E-state index is 11.5. The third kappa shape index (κ3) is 3.83. The van der Waals surface area contributed by atoms with Gasteiger partial charge in [-0.1, -0.05) is 26.7 Å². The molecule has 0 bridgehead atoms. The summed E-state index contributed by atoms with van der Waals surface area (Å²) >= 11 is 0. The molecule has 2 amide bonds. The van der Waals surface area contributed by atoms with E-state index in [2.05, 4.69) is 13.8 Å². The minimum absolute atomic E-state index is 0.105. The van der Waals surface area contributed by atoms with Crippen LogP contribution in [0.5, 0.6) is 0 Å². The molecule has 0 radical (unpaired) electrons. The highest BCUT2D eigenvalue weighted by Crippen LogP contribution is 2.13. The number of rotatable bonds is 5. The first kappa shape index (κ1) is 13.0. The smallest absolute Gasteiger partial charge is 0.416 e. The van der Waals surface area contributed by atoms with Gasteiger partial charge in [0.1, 0.15) is 0 Å². The molecule has 92 valence electrons. The maximum absolute atomic E-state index is 11.5. The van der Waals surface area contributed by atoms with Crippen LogP contribution in [0.4, 0.5) is 4.79 Å². The van der Waals surface area contributed by atoms with E-state index in [1.54, 1.807) is 0 Å². The number of hydrogen-bond acceptors (Lipinski definition) is 3. The number of carbonyl (C=O) groups excluding carboxylic acids is 2. The van der Waals surface area contributed by atoms with Gasteiger partial charge in [0.05, 0.1) is 6.61 Å². The molecule has 1 aliphatic heterocycles. The summed E-state index contributed by atoms with van der Waals surface area (Å²) in [5.74, 6) is 0.271. The Morgan fingerprint density at radius 3 is 2.88 bits per heavy atom. The molecule has 0 N–H and O–H groups in total. The van der Waals surface area contributed by atoms with Crippen molar-refractivity contribution < 1.29 is 14.3 Å². The molecule has 0 saturated carbocycles. The van der Waals surface area contributed by atoms with Gasteiger partial charge >= 0.3 is 6.09 Å². The number of imide groups is 1. The van der Waals surface area contributed by atoms with Crippen molar-refractivity contribution in [1.82, 2.24) is 4.90 Å². The number of amides is 2. The minimum Gasteiger partial charge on any atom is -0.449 e. The maximum Gasteiger partial charge on any atom is 0.416 e. The Hall–Kier alpha value is -1.06. The van der Waals surface area contributed by atoms with E-state index in [4.69, 9.17) is 4.74 Å². The Kier molecular flexibility index (Phi) is 5.29. The molecule has 1 unspecified atom stereocenters. The number of carbonyl (C=O) groups is 2. The van der Waals surface area contributed by atoms with Crippen molar-refractivity contribution in [1.29, 1.82) is 0 Å². The van der Waals surface area contributed by atoms with Crippen LogP contribution in [-0.2, 0) is 9.53 Å². The second kappa shape index (κ2) is 6.51. The van der Waals surface area contributed by atoms with Crippen LogP contribution < -0.4 is 0 Å².